The SMILES string of the molecule is OC1CC2(O)CCC(CCCN3CCOCC3)C2(O)CC1O. The third-order valence-electron chi connectivity index (χ3n) is 6.03. The number of fused-ring (bicyclic) bond motifs is 1. The molecule has 0 aromatic rings. The van der Waals surface area contributed by atoms with Crippen molar-refractivity contribution < 1.29 is 25.2 Å². The second kappa shape index (κ2) is 6.34. The first kappa shape index (κ1) is 16.6. The van der Waals surface area contributed by atoms with Gasteiger partial charge in [-0.3, -0.25) is 4.90 Å². The van der Waals surface area contributed by atoms with E-state index in [1.54, 1.807) is 0 Å². The van der Waals surface area contributed by atoms with Crippen LogP contribution in [-0.4, -0.2) is 81.6 Å². The zero-order chi connectivity index (χ0) is 15.8. The van der Waals surface area contributed by atoms with Crippen molar-refractivity contribution in [2.45, 2.75) is 61.9 Å². The quantitative estimate of drug-likeness (QED) is 0.558. The van der Waals surface area contributed by atoms with Crippen LogP contribution in [0, 0.1) is 5.92 Å². The summed E-state index contributed by atoms with van der Waals surface area (Å²) in [6, 6.07) is 0. The summed E-state index contributed by atoms with van der Waals surface area (Å²) in [5, 5.41) is 41.4. The van der Waals surface area contributed by atoms with Crippen LogP contribution in [0.25, 0.3) is 0 Å². The lowest BCUT2D eigenvalue weighted by Crippen LogP contribution is -2.62. The number of morpholine rings is 1. The van der Waals surface area contributed by atoms with Crippen molar-refractivity contribution in [3.8, 4) is 0 Å². The minimum absolute atomic E-state index is 0.000639. The molecule has 0 radical (unpaired) electrons. The van der Waals surface area contributed by atoms with Gasteiger partial charge in [0.2, 0.25) is 0 Å². The average molecular weight is 315 g/mol. The zero-order valence-electron chi connectivity index (χ0n) is 13.2. The molecule has 0 aromatic carbocycles. The van der Waals surface area contributed by atoms with E-state index in [4.69, 9.17) is 4.74 Å². The molecule has 2 saturated carbocycles. The molecule has 5 unspecified atom stereocenters. The second-order valence-corrected chi connectivity index (χ2v) is 7.33. The summed E-state index contributed by atoms with van der Waals surface area (Å²) in [4.78, 5) is 2.37. The Bertz CT molecular complexity index is 389. The number of aliphatic hydroxyl groups is 4. The Morgan fingerprint density at radius 2 is 1.73 bits per heavy atom. The van der Waals surface area contributed by atoms with E-state index < -0.39 is 23.4 Å². The van der Waals surface area contributed by atoms with Gasteiger partial charge in [-0.2, -0.15) is 0 Å². The number of ether oxygens (including phenoxy) is 1. The van der Waals surface area contributed by atoms with Gasteiger partial charge in [0.15, 0.2) is 0 Å². The fraction of sp³-hybridized carbons (Fsp3) is 1.00. The monoisotopic (exact) mass is 315 g/mol. The van der Waals surface area contributed by atoms with Crippen LogP contribution in [0.2, 0.25) is 0 Å². The molecule has 4 N–H and O–H groups in total. The summed E-state index contributed by atoms with van der Waals surface area (Å²) >= 11 is 0. The summed E-state index contributed by atoms with van der Waals surface area (Å²) in [6.45, 7) is 4.49. The Morgan fingerprint density at radius 3 is 2.45 bits per heavy atom. The van der Waals surface area contributed by atoms with E-state index in [2.05, 4.69) is 4.90 Å². The molecule has 0 aromatic heterocycles. The maximum atomic E-state index is 11.0. The lowest BCUT2D eigenvalue weighted by molar-refractivity contribution is -0.220. The first-order chi connectivity index (χ1) is 10.4. The topological polar surface area (TPSA) is 93.4 Å². The van der Waals surface area contributed by atoms with E-state index in [1.165, 1.54) is 0 Å². The molecular weight excluding hydrogens is 286 g/mol. The summed E-state index contributed by atoms with van der Waals surface area (Å²) in [7, 11) is 0. The number of hydrogen-bond donors (Lipinski definition) is 4. The van der Waals surface area contributed by atoms with Gasteiger partial charge >= 0.3 is 0 Å². The minimum Gasteiger partial charge on any atom is -0.390 e. The Balaban J connectivity index is 1.55. The molecule has 0 amide bonds. The van der Waals surface area contributed by atoms with Gasteiger partial charge in [0.1, 0.15) is 0 Å². The van der Waals surface area contributed by atoms with Crippen LogP contribution in [0.15, 0.2) is 0 Å². The normalized spacial score (nSPS) is 46.6. The Morgan fingerprint density at radius 1 is 1.05 bits per heavy atom. The van der Waals surface area contributed by atoms with Gasteiger partial charge in [-0.1, -0.05) is 0 Å². The standard InChI is InChI=1S/C16H29NO5/c18-13-10-15(20)4-3-12(16(15,21)11-14(13)19)2-1-5-17-6-8-22-9-7-17/h12-14,18-21H,1-11H2. The second-order valence-electron chi connectivity index (χ2n) is 7.33. The molecule has 1 aliphatic heterocycles. The van der Waals surface area contributed by atoms with Gasteiger partial charge in [0.25, 0.3) is 0 Å². The summed E-state index contributed by atoms with van der Waals surface area (Å²) in [6.07, 6.45) is 1.37. The molecule has 3 aliphatic rings. The largest absolute Gasteiger partial charge is 0.390 e. The van der Waals surface area contributed by atoms with Crippen LogP contribution in [0.5, 0.6) is 0 Å². The molecular formula is C16H29NO5. The van der Waals surface area contributed by atoms with E-state index in [1.807, 2.05) is 0 Å². The molecule has 6 nitrogen and oxygen atoms in total. The molecule has 3 rings (SSSR count). The summed E-state index contributed by atoms with van der Waals surface area (Å²) in [5.41, 5.74) is -2.49. The molecule has 0 spiro atoms. The van der Waals surface area contributed by atoms with Crippen LogP contribution < -0.4 is 0 Å². The Kier molecular flexibility index (Phi) is 4.79. The fourth-order valence-corrected chi connectivity index (χ4v) is 4.59. The van der Waals surface area contributed by atoms with Gasteiger partial charge in [-0.25, -0.2) is 0 Å². The van der Waals surface area contributed by atoms with Crippen LogP contribution in [0.1, 0.15) is 38.5 Å². The lowest BCUT2D eigenvalue weighted by Gasteiger charge is -2.48. The predicted octanol–water partition coefficient (Wildman–Crippen LogP) is -0.513. The van der Waals surface area contributed by atoms with E-state index >= 15 is 0 Å². The van der Waals surface area contributed by atoms with Crippen molar-refractivity contribution in [2.75, 3.05) is 32.8 Å². The van der Waals surface area contributed by atoms with Gasteiger partial charge in [0, 0.05) is 25.9 Å². The highest BCUT2D eigenvalue weighted by molar-refractivity contribution is 5.14. The van der Waals surface area contributed by atoms with Crippen molar-refractivity contribution >= 4 is 0 Å². The van der Waals surface area contributed by atoms with Gasteiger partial charge in [-0.15, -0.1) is 0 Å². The zero-order valence-corrected chi connectivity index (χ0v) is 13.2. The summed E-state index contributed by atoms with van der Waals surface area (Å²) < 4.78 is 5.34. The third kappa shape index (κ3) is 2.92. The average Bonchev–Trinajstić information content (AvgIpc) is 2.73. The molecule has 128 valence electrons. The predicted molar refractivity (Wildman–Crippen MR) is 80.4 cm³/mol. The lowest BCUT2D eigenvalue weighted by atomic mass is 9.67. The maximum Gasteiger partial charge on any atom is 0.0987 e. The minimum atomic E-state index is -1.25. The smallest absolute Gasteiger partial charge is 0.0987 e. The molecule has 1 heterocycles. The third-order valence-corrected chi connectivity index (χ3v) is 6.03. The van der Waals surface area contributed by atoms with Crippen LogP contribution in [0.3, 0.4) is 0 Å². The van der Waals surface area contributed by atoms with Crippen molar-refractivity contribution in [3.63, 3.8) is 0 Å². The van der Waals surface area contributed by atoms with E-state index in [0.29, 0.717) is 6.42 Å². The van der Waals surface area contributed by atoms with Crippen molar-refractivity contribution in [1.29, 1.82) is 0 Å². The first-order valence-electron chi connectivity index (χ1n) is 8.56. The van der Waals surface area contributed by atoms with Crippen molar-refractivity contribution in [3.05, 3.63) is 0 Å². The van der Waals surface area contributed by atoms with Crippen molar-refractivity contribution in [1.82, 2.24) is 4.90 Å². The molecule has 22 heavy (non-hydrogen) atoms. The maximum absolute atomic E-state index is 11.0. The highest BCUT2D eigenvalue weighted by Gasteiger charge is 2.62. The first-order valence-corrected chi connectivity index (χ1v) is 8.56. The van der Waals surface area contributed by atoms with Crippen LogP contribution in [-0.2, 0) is 4.74 Å². The fourth-order valence-electron chi connectivity index (χ4n) is 4.59. The Labute approximate surface area is 131 Å². The van der Waals surface area contributed by atoms with E-state index in [9.17, 15) is 20.4 Å². The van der Waals surface area contributed by atoms with E-state index in [0.717, 1.165) is 52.1 Å². The molecule has 5 atom stereocenters. The van der Waals surface area contributed by atoms with Crippen LogP contribution in [0.4, 0.5) is 0 Å². The van der Waals surface area contributed by atoms with Crippen molar-refractivity contribution in [2.24, 2.45) is 5.92 Å². The summed E-state index contributed by atoms with van der Waals surface area (Å²) in [5.74, 6) is 0.000639. The molecule has 6 heteroatoms. The number of rotatable bonds is 4. The number of hydrogen-bond acceptors (Lipinski definition) is 6. The van der Waals surface area contributed by atoms with Crippen LogP contribution >= 0.6 is 0 Å². The molecule has 0 bridgehead atoms. The molecule has 3 fully saturated rings. The van der Waals surface area contributed by atoms with Gasteiger partial charge in [-0.05, 0) is 38.1 Å². The number of aliphatic hydroxyl groups excluding tert-OH is 2. The molecule has 2 aliphatic carbocycles. The highest BCUT2D eigenvalue weighted by Crippen LogP contribution is 2.53. The molecule has 1 saturated heterocycles. The van der Waals surface area contributed by atoms with E-state index in [-0.39, 0.29) is 18.8 Å². The highest BCUT2D eigenvalue weighted by atomic mass is 16.5. The van der Waals surface area contributed by atoms with Gasteiger partial charge < -0.3 is 25.2 Å². The number of nitrogens with zero attached hydrogens (tertiary/aromatic N) is 1. The Hall–Kier alpha value is -0.240. The van der Waals surface area contributed by atoms with Gasteiger partial charge in [0.05, 0.1) is 36.6 Å².